The molecule has 0 aromatic rings. The molecule has 13 heavy (non-hydrogen) atoms. The molecule has 0 amide bonds. The minimum Gasteiger partial charge on any atom is -0.268 e. The molecule has 0 aliphatic heterocycles. The van der Waals surface area contributed by atoms with Crippen molar-refractivity contribution in [1.29, 1.82) is 0 Å². The zero-order valence-corrected chi connectivity index (χ0v) is 9.54. The Labute approximate surface area is 82.3 Å². The molecule has 0 radical (unpaired) electrons. The second-order valence-corrected chi connectivity index (χ2v) is 3.46. The van der Waals surface area contributed by atoms with Crippen molar-refractivity contribution in [3.63, 3.8) is 0 Å². The number of hydrogen-bond donors (Lipinski definition) is 0. The Hall–Kier alpha value is -0.790. The van der Waals surface area contributed by atoms with Gasteiger partial charge >= 0.3 is 0 Å². The molecule has 76 valence electrons. The quantitative estimate of drug-likeness (QED) is 0.470. The lowest BCUT2D eigenvalue weighted by Crippen LogP contribution is -2.23. The number of unbranched alkanes of at least 4 members (excludes halogenated alkanes) is 1. The Bertz CT molecular complexity index is 181. The van der Waals surface area contributed by atoms with Gasteiger partial charge in [-0.05, 0) is 34.1 Å². The summed E-state index contributed by atoms with van der Waals surface area (Å²) >= 11 is 0. The van der Waals surface area contributed by atoms with Crippen LogP contribution in [0.5, 0.6) is 0 Å². The van der Waals surface area contributed by atoms with Gasteiger partial charge in [-0.25, -0.2) is 0 Å². The van der Waals surface area contributed by atoms with Crippen molar-refractivity contribution < 1.29 is 0 Å². The zero-order chi connectivity index (χ0) is 10.3. The fourth-order valence-corrected chi connectivity index (χ4v) is 1.04. The van der Waals surface area contributed by atoms with Gasteiger partial charge in [0, 0.05) is 18.0 Å². The van der Waals surface area contributed by atoms with Crippen molar-refractivity contribution in [2.45, 2.75) is 53.5 Å². The summed E-state index contributed by atoms with van der Waals surface area (Å²) in [7, 11) is 0. The Morgan fingerprint density at radius 3 is 2.46 bits per heavy atom. The topological polar surface area (TPSA) is 15.6 Å². The van der Waals surface area contributed by atoms with Crippen LogP contribution in [0.15, 0.2) is 16.9 Å². The second-order valence-electron chi connectivity index (χ2n) is 3.46. The maximum atomic E-state index is 4.42. The number of hydrogen-bond acceptors (Lipinski definition) is 2. The van der Waals surface area contributed by atoms with E-state index in [1.807, 2.05) is 13.1 Å². The van der Waals surface area contributed by atoms with E-state index >= 15 is 0 Å². The first-order valence-corrected chi connectivity index (χ1v) is 5.08. The summed E-state index contributed by atoms with van der Waals surface area (Å²) in [6.45, 7) is 10.6. The fourth-order valence-electron chi connectivity index (χ4n) is 1.04. The summed E-state index contributed by atoms with van der Waals surface area (Å²) in [6.07, 6.45) is 6.29. The van der Waals surface area contributed by atoms with Crippen molar-refractivity contribution in [1.82, 2.24) is 5.01 Å². The molecule has 0 saturated heterocycles. The summed E-state index contributed by atoms with van der Waals surface area (Å²) in [4.78, 5) is 0. The van der Waals surface area contributed by atoms with E-state index in [1.54, 1.807) is 0 Å². The predicted octanol–water partition coefficient (Wildman–Crippen LogP) is 3.41. The van der Waals surface area contributed by atoms with Gasteiger partial charge in [0.2, 0.25) is 0 Å². The Balaban J connectivity index is 4.27. The van der Waals surface area contributed by atoms with Gasteiger partial charge in [0.15, 0.2) is 0 Å². The third-order valence-electron chi connectivity index (χ3n) is 1.89. The summed E-state index contributed by atoms with van der Waals surface area (Å²) < 4.78 is 0. The van der Waals surface area contributed by atoms with Gasteiger partial charge in [0.1, 0.15) is 0 Å². The van der Waals surface area contributed by atoms with Gasteiger partial charge in [-0.3, -0.25) is 5.01 Å². The van der Waals surface area contributed by atoms with E-state index in [2.05, 4.69) is 43.9 Å². The molecular weight excluding hydrogens is 160 g/mol. The normalized spacial score (nSPS) is 12.9. The first kappa shape index (κ1) is 12.2. The minimum atomic E-state index is 0.435. The number of allylic oxidation sites excluding steroid dienone is 2. The summed E-state index contributed by atoms with van der Waals surface area (Å²) in [5.41, 5.74) is 1.21. The molecule has 0 bridgehead atoms. The highest BCUT2D eigenvalue weighted by molar-refractivity contribution is 5.56. The highest BCUT2D eigenvalue weighted by Crippen LogP contribution is 2.08. The molecule has 0 aromatic carbocycles. The Kier molecular flexibility index (Phi) is 6.29. The molecule has 0 N–H and O–H groups in total. The Morgan fingerprint density at radius 2 is 2.08 bits per heavy atom. The average molecular weight is 182 g/mol. The highest BCUT2D eigenvalue weighted by atomic mass is 15.5. The first-order valence-electron chi connectivity index (χ1n) is 5.08. The van der Waals surface area contributed by atoms with Gasteiger partial charge in [-0.2, -0.15) is 5.10 Å². The molecule has 2 heteroatoms. The maximum absolute atomic E-state index is 4.42. The first-order chi connectivity index (χ1) is 6.13. The van der Waals surface area contributed by atoms with Gasteiger partial charge < -0.3 is 0 Å². The van der Waals surface area contributed by atoms with E-state index in [0.717, 1.165) is 12.8 Å². The van der Waals surface area contributed by atoms with Crippen LogP contribution in [-0.2, 0) is 0 Å². The van der Waals surface area contributed by atoms with E-state index in [4.69, 9.17) is 0 Å². The molecule has 0 saturated carbocycles. The molecule has 2 nitrogen and oxygen atoms in total. The summed E-state index contributed by atoms with van der Waals surface area (Å²) in [5.74, 6) is 0. The number of hydrazone groups is 1. The third kappa shape index (κ3) is 4.71. The third-order valence-corrected chi connectivity index (χ3v) is 1.89. The maximum Gasteiger partial charge on any atom is 0.0465 e. The predicted molar refractivity (Wildman–Crippen MR) is 59.8 cm³/mol. The lowest BCUT2D eigenvalue weighted by Gasteiger charge is -2.23. The van der Waals surface area contributed by atoms with Crippen molar-refractivity contribution in [3.8, 4) is 0 Å². The highest BCUT2D eigenvalue weighted by Gasteiger charge is 2.05. The fraction of sp³-hybridized carbons (Fsp3) is 0.727. The standard InChI is InChI=1S/C11H22N2/c1-6-8-9-12-13(10(3)4)11(5)7-2/h7,9-10H,6,8H2,1-5H3/b11-7-,12-9-. The number of rotatable bonds is 5. The van der Waals surface area contributed by atoms with Crippen molar-refractivity contribution in [3.05, 3.63) is 11.8 Å². The van der Waals surface area contributed by atoms with Crippen LogP contribution in [0.25, 0.3) is 0 Å². The molecule has 0 unspecified atom stereocenters. The molecule has 0 aliphatic rings. The monoisotopic (exact) mass is 182 g/mol. The van der Waals surface area contributed by atoms with Crippen LogP contribution in [0.4, 0.5) is 0 Å². The average Bonchev–Trinajstić information content (AvgIpc) is 2.11. The summed E-state index contributed by atoms with van der Waals surface area (Å²) in [5, 5.41) is 6.48. The molecule has 0 spiro atoms. The summed E-state index contributed by atoms with van der Waals surface area (Å²) in [6, 6.07) is 0.435. The SMILES string of the molecule is C/C=C(/C)N(/N=C\CCC)C(C)C. The van der Waals surface area contributed by atoms with Crippen molar-refractivity contribution >= 4 is 6.21 Å². The zero-order valence-electron chi connectivity index (χ0n) is 9.54. The van der Waals surface area contributed by atoms with E-state index in [9.17, 15) is 0 Å². The van der Waals surface area contributed by atoms with Crippen LogP contribution in [0.2, 0.25) is 0 Å². The van der Waals surface area contributed by atoms with Crippen LogP contribution in [0.3, 0.4) is 0 Å². The lowest BCUT2D eigenvalue weighted by molar-refractivity contribution is 0.299. The number of nitrogens with zero attached hydrogens (tertiary/aromatic N) is 2. The van der Waals surface area contributed by atoms with E-state index in [1.165, 1.54) is 5.70 Å². The van der Waals surface area contributed by atoms with E-state index in [-0.39, 0.29) is 0 Å². The van der Waals surface area contributed by atoms with Crippen LogP contribution in [0, 0.1) is 0 Å². The van der Waals surface area contributed by atoms with Crippen LogP contribution in [-0.4, -0.2) is 17.3 Å². The van der Waals surface area contributed by atoms with Crippen LogP contribution >= 0.6 is 0 Å². The lowest BCUT2D eigenvalue weighted by atomic mass is 10.3. The van der Waals surface area contributed by atoms with Gasteiger partial charge in [0.05, 0.1) is 0 Å². The van der Waals surface area contributed by atoms with E-state index < -0.39 is 0 Å². The van der Waals surface area contributed by atoms with Crippen LogP contribution in [0.1, 0.15) is 47.5 Å². The van der Waals surface area contributed by atoms with E-state index in [0.29, 0.717) is 6.04 Å². The molecule has 0 atom stereocenters. The molecule has 0 heterocycles. The largest absolute Gasteiger partial charge is 0.268 e. The second kappa shape index (κ2) is 6.70. The molecule has 0 aliphatic carbocycles. The van der Waals surface area contributed by atoms with Crippen molar-refractivity contribution in [2.75, 3.05) is 0 Å². The smallest absolute Gasteiger partial charge is 0.0465 e. The van der Waals surface area contributed by atoms with Gasteiger partial charge in [0.25, 0.3) is 0 Å². The van der Waals surface area contributed by atoms with Crippen molar-refractivity contribution in [2.24, 2.45) is 5.10 Å². The van der Waals surface area contributed by atoms with Crippen LogP contribution < -0.4 is 0 Å². The molecular formula is C11H22N2. The molecule has 0 fully saturated rings. The molecule has 0 aromatic heterocycles. The molecule has 0 rings (SSSR count). The minimum absolute atomic E-state index is 0.435. The van der Waals surface area contributed by atoms with Gasteiger partial charge in [-0.15, -0.1) is 0 Å². The van der Waals surface area contributed by atoms with Gasteiger partial charge in [-0.1, -0.05) is 19.4 Å². The Morgan fingerprint density at radius 1 is 1.46 bits per heavy atom.